The van der Waals surface area contributed by atoms with Crippen molar-refractivity contribution in [3.63, 3.8) is 0 Å². The van der Waals surface area contributed by atoms with E-state index in [4.69, 9.17) is 9.47 Å². The number of ether oxygens (including phenoxy) is 2. The molecule has 1 aliphatic heterocycles. The van der Waals surface area contributed by atoms with Crippen molar-refractivity contribution in [2.45, 2.75) is 130 Å². The number of benzene rings is 1. The molecule has 15 nitrogen and oxygen atoms in total. The van der Waals surface area contributed by atoms with Gasteiger partial charge in [0.15, 0.2) is 0 Å². The van der Waals surface area contributed by atoms with Gasteiger partial charge < -0.3 is 40.3 Å². The van der Waals surface area contributed by atoms with Gasteiger partial charge in [-0.3, -0.25) is 24.1 Å². The van der Waals surface area contributed by atoms with E-state index in [1.807, 2.05) is 96.0 Å². The number of likely N-dealkylation sites (N-methyl/N-ethyl adjacent to an activating group) is 2. The minimum atomic E-state index is -1.14. The number of carboxylic acid groups (broad SMARTS) is 1. The van der Waals surface area contributed by atoms with E-state index in [-0.39, 0.29) is 48.3 Å². The molecule has 0 spiro atoms. The number of carbonyl (C=O) groups is 5. The number of hydrogen-bond donors (Lipinski definition) is 4. The predicted molar refractivity (Wildman–Crippen MR) is 236 cm³/mol. The van der Waals surface area contributed by atoms with Crippen molar-refractivity contribution in [2.75, 3.05) is 47.2 Å². The molecule has 0 saturated carbocycles. The molecule has 1 aromatic heterocycles. The Morgan fingerprint density at radius 3 is 2.15 bits per heavy atom. The van der Waals surface area contributed by atoms with Crippen LogP contribution in [0.3, 0.4) is 0 Å². The van der Waals surface area contributed by atoms with E-state index in [2.05, 4.69) is 20.9 Å². The Labute approximate surface area is 363 Å². The summed E-state index contributed by atoms with van der Waals surface area (Å²) in [6.07, 6.45) is 2.43. The molecule has 4 N–H and O–H groups in total. The van der Waals surface area contributed by atoms with E-state index in [1.54, 1.807) is 44.1 Å². The molecule has 0 radical (unpaired) electrons. The summed E-state index contributed by atoms with van der Waals surface area (Å²) >= 11 is 0. The Kier molecular flexibility index (Phi) is 20.1. The lowest BCUT2D eigenvalue weighted by Crippen LogP contribution is -2.60. The highest BCUT2D eigenvalue weighted by Crippen LogP contribution is 2.30. The highest BCUT2D eigenvalue weighted by molar-refractivity contribution is 5.90. The van der Waals surface area contributed by atoms with Gasteiger partial charge in [0.05, 0.1) is 42.7 Å². The number of likely N-dealkylation sites (tertiary alicyclic amines) is 1. The number of amides is 4. The monoisotopic (exact) mass is 852 g/mol. The number of nitrogens with zero attached hydrogens (tertiary/aromatic N) is 4. The Hall–Kier alpha value is -4.60. The van der Waals surface area contributed by atoms with Gasteiger partial charge in [0.25, 0.3) is 0 Å². The molecule has 1 fully saturated rings. The standard InChI is InChI=1S/C46H73N7O8/c1-13-30(6)41(52(10)45(57)39(28(2)3)50-44(56)40(29(4)5)51(9)27-33-21-22-48-37(25-33)47-8)36(60-11)26-38(54)53-23-17-20-35(53)42(61-12)31(7)43(55)49-34(46(58)59)24-32-18-15-14-16-19-32/h14-16,18-19,21-22,25,28-31,34-36,39-42H,13,17,20,23-24,26-27H2,1-12H3,(H,47,48)(H,49,55)(H,50,56)(H,58,59)/t30-,31+,34-,35-,36+,39-,40-,41-,42+/m0/s1. The van der Waals surface area contributed by atoms with Gasteiger partial charge in [-0.2, -0.15) is 0 Å². The zero-order valence-electron chi connectivity index (χ0n) is 38.5. The van der Waals surface area contributed by atoms with Crippen LogP contribution < -0.4 is 16.0 Å². The number of pyridine rings is 1. The fraction of sp³-hybridized carbons (Fsp3) is 0.652. The first kappa shape index (κ1) is 50.8. The van der Waals surface area contributed by atoms with Crippen LogP contribution in [-0.4, -0.2) is 139 Å². The summed E-state index contributed by atoms with van der Waals surface area (Å²) in [5, 5.41) is 18.8. The van der Waals surface area contributed by atoms with Crippen molar-refractivity contribution in [1.29, 1.82) is 0 Å². The summed E-state index contributed by atoms with van der Waals surface area (Å²) < 4.78 is 12.0. The van der Waals surface area contributed by atoms with Crippen LogP contribution in [0.2, 0.25) is 0 Å². The molecule has 3 rings (SSSR count). The van der Waals surface area contributed by atoms with Crippen LogP contribution in [0.1, 0.15) is 85.3 Å². The predicted octanol–water partition coefficient (Wildman–Crippen LogP) is 4.45. The van der Waals surface area contributed by atoms with E-state index in [0.717, 1.165) is 16.9 Å². The topological polar surface area (TPSA) is 183 Å². The third-order valence-corrected chi connectivity index (χ3v) is 12.3. The minimum Gasteiger partial charge on any atom is -0.480 e. The van der Waals surface area contributed by atoms with Gasteiger partial charge in [0.1, 0.15) is 17.9 Å². The SMILES string of the molecule is CC[C@H](C)[C@@H]([C@@H](CC(=O)N1CCC[C@H]1[C@H](OC)[C@@H](C)C(=O)N[C@@H](Cc1ccccc1)C(=O)O)OC)N(C)C(=O)[C@@H](NC(=O)[C@H](C(C)C)N(C)Cc1ccnc(NC)c1)C(C)C. The molecule has 2 aromatic rings. The quantitative estimate of drug-likeness (QED) is 0.117. The number of nitrogens with one attached hydrogen (secondary N) is 3. The van der Waals surface area contributed by atoms with Gasteiger partial charge in [0.2, 0.25) is 23.6 Å². The van der Waals surface area contributed by atoms with Crippen molar-refractivity contribution in [2.24, 2.45) is 23.7 Å². The average molecular weight is 852 g/mol. The number of carbonyl (C=O) groups excluding carboxylic acids is 4. The third-order valence-electron chi connectivity index (χ3n) is 12.3. The molecule has 1 aromatic carbocycles. The number of methoxy groups -OCH3 is 2. The molecule has 340 valence electrons. The zero-order valence-corrected chi connectivity index (χ0v) is 38.5. The first-order valence-corrected chi connectivity index (χ1v) is 21.7. The number of carboxylic acids is 1. The lowest BCUT2D eigenvalue weighted by molar-refractivity contribution is -0.148. The van der Waals surface area contributed by atoms with Crippen LogP contribution >= 0.6 is 0 Å². The fourth-order valence-corrected chi connectivity index (χ4v) is 8.74. The normalized spacial score (nSPS) is 18.1. The Balaban J connectivity index is 1.78. The molecule has 0 unspecified atom stereocenters. The Morgan fingerprint density at radius 2 is 1.59 bits per heavy atom. The van der Waals surface area contributed by atoms with Gasteiger partial charge in [0, 0.05) is 54.0 Å². The molecule has 0 aliphatic carbocycles. The first-order valence-electron chi connectivity index (χ1n) is 21.7. The van der Waals surface area contributed by atoms with Crippen LogP contribution in [0.5, 0.6) is 0 Å². The van der Waals surface area contributed by atoms with E-state index in [1.165, 1.54) is 7.11 Å². The van der Waals surface area contributed by atoms with E-state index in [0.29, 0.717) is 32.4 Å². The zero-order chi connectivity index (χ0) is 45.6. The summed E-state index contributed by atoms with van der Waals surface area (Å²) in [6.45, 7) is 14.5. The van der Waals surface area contributed by atoms with Gasteiger partial charge in [-0.05, 0) is 60.9 Å². The Morgan fingerprint density at radius 1 is 0.918 bits per heavy atom. The molecule has 15 heteroatoms. The summed E-state index contributed by atoms with van der Waals surface area (Å²) in [7, 11) is 8.46. The van der Waals surface area contributed by atoms with Crippen LogP contribution in [0.4, 0.5) is 5.82 Å². The number of hydrogen-bond acceptors (Lipinski definition) is 10. The second-order valence-electron chi connectivity index (χ2n) is 17.3. The van der Waals surface area contributed by atoms with Gasteiger partial charge in [-0.15, -0.1) is 0 Å². The largest absolute Gasteiger partial charge is 0.480 e. The smallest absolute Gasteiger partial charge is 0.326 e. The van der Waals surface area contributed by atoms with Crippen molar-refractivity contribution < 1.29 is 38.6 Å². The first-order chi connectivity index (χ1) is 28.9. The van der Waals surface area contributed by atoms with Crippen LogP contribution in [-0.2, 0) is 46.4 Å². The number of aliphatic carboxylic acids is 1. The van der Waals surface area contributed by atoms with Crippen LogP contribution in [0, 0.1) is 23.7 Å². The average Bonchev–Trinajstić information content (AvgIpc) is 3.71. The molecular weight excluding hydrogens is 779 g/mol. The van der Waals surface area contributed by atoms with E-state index in [9.17, 15) is 29.1 Å². The highest BCUT2D eigenvalue weighted by atomic mass is 16.5. The van der Waals surface area contributed by atoms with E-state index < -0.39 is 60.2 Å². The van der Waals surface area contributed by atoms with Crippen molar-refractivity contribution >= 4 is 35.4 Å². The van der Waals surface area contributed by atoms with Gasteiger partial charge in [-0.1, -0.05) is 85.2 Å². The molecule has 0 bridgehead atoms. The second-order valence-corrected chi connectivity index (χ2v) is 17.3. The van der Waals surface area contributed by atoms with Crippen LogP contribution in [0.25, 0.3) is 0 Å². The molecule has 1 aliphatic rings. The number of aromatic nitrogens is 1. The molecule has 61 heavy (non-hydrogen) atoms. The summed E-state index contributed by atoms with van der Waals surface area (Å²) in [4.78, 5) is 78.3. The summed E-state index contributed by atoms with van der Waals surface area (Å²) in [5.74, 6) is -2.74. The maximum Gasteiger partial charge on any atom is 0.326 e. The maximum absolute atomic E-state index is 14.5. The molecular formula is C46H73N7O8. The van der Waals surface area contributed by atoms with Gasteiger partial charge in [-0.25, -0.2) is 9.78 Å². The number of rotatable bonds is 24. The van der Waals surface area contributed by atoms with Crippen molar-refractivity contribution in [3.05, 3.63) is 59.8 Å². The molecule has 4 amide bonds. The molecule has 1 saturated heterocycles. The Bertz CT molecular complexity index is 1730. The minimum absolute atomic E-state index is 0.0298. The summed E-state index contributed by atoms with van der Waals surface area (Å²) in [5.41, 5.74) is 1.78. The second kappa shape index (κ2) is 24.1. The van der Waals surface area contributed by atoms with Crippen molar-refractivity contribution in [3.8, 4) is 0 Å². The summed E-state index contributed by atoms with van der Waals surface area (Å²) in [6, 6.07) is 9.51. The molecule has 9 atom stereocenters. The van der Waals surface area contributed by atoms with Gasteiger partial charge >= 0.3 is 5.97 Å². The highest BCUT2D eigenvalue weighted by Gasteiger charge is 2.43. The molecule has 2 heterocycles. The van der Waals surface area contributed by atoms with Crippen LogP contribution in [0.15, 0.2) is 48.7 Å². The lowest BCUT2D eigenvalue weighted by atomic mass is 9.89. The number of anilines is 1. The lowest BCUT2D eigenvalue weighted by Gasteiger charge is -2.41. The maximum atomic E-state index is 14.5. The third kappa shape index (κ3) is 13.7. The fourth-order valence-electron chi connectivity index (χ4n) is 8.74. The van der Waals surface area contributed by atoms with Crippen molar-refractivity contribution in [1.82, 2.24) is 30.3 Å². The van der Waals surface area contributed by atoms with E-state index >= 15 is 0 Å².